The molecule has 1 amide bonds. The van der Waals surface area contributed by atoms with Crippen LogP contribution in [0.5, 0.6) is 0 Å². The summed E-state index contributed by atoms with van der Waals surface area (Å²) >= 11 is 9.56. The zero-order valence-electron chi connectivity index (χ0n) is 15.5. The molecule has 0 saturated heterocycles. The van der Waals surface area contributed by atoms with Crippen LogP contribution in [0.4, 0.5) is 5.69 Å². The van der Waals surface area contributed by atoms with Gasteiger partial charge in [-0.25, -0.2) is 0 Å². The Balaban J connectivity index is 1.75. The van der Waals surface area contributed by atoms with E-state index in [1.807, 2.05) is 19.9 Å². The molecule has 0 atom stereocenters. The number of carbonyl (C=O) groups is 2. The number of aromatic nitrogens is 2. The summed E-state index contributed by atoms with van der Waals surface area (Å²) in [6.45, 7) is 4.29. The Morgan fingerprint density at radius 3 is 2.50 bits per heavy atom. The number of hydrogen-bond donors (Lipinski definition) is 1. The summed E-state index contributed by atoms with van der Waals surface area (Å²) in [5.41, 5.74) is 3.19. The van der Waals surface area contributed by atoms with Crippen molar-refractivity contribution in [2.24, 2.45) is 0 Å². The van der Waals surface area contributed by atoms with Gasteiger partial charge in [0.2, 0.25) is 5.91 Å². The van der Waals surface area contributed by atoms with Gasteiger partial charge in [-0.1, -0.05) is 41.9 Å². The minimum absolute atomic E-state index is 0.194. The van der Waals surface area contributed by atoms with Crippen molar-refractivity contribution in [2.45, 2.75) is 26.8 Å². The first-order valence-electron chi connectivity index (χ1n) is 8.75. The molecule has 144 valence electrons. The summed E-state index contributed by atoms with van der Waals surface area (Å²) in [4.78, 5) is 25.3. The average molecular weight is 461 g/mol. The van der Waals surface area contributed by atoms with Crippen molar-refractivity contribution < 1.29 is 9.59 Å². The number of rotatable bonds is 6. The predicted octanol–water partition coefficient (Wildman–Crippen LogP) is 5.18. The first kappa shape index (κ1) is 20.3. The highest BCUT2D eigenvalue weighted by molar-refractivity contribution is 9.10. The van der Waals surface area contributed by atoms with Gasteiger partial charge in [0.1, 0.15) is 0 Å². The number of nitrogens with one attached hydrogen (secondary N) is 1. The van der Waals surface area contributed by atoms with Crippen molar-refractivity contribution in [1.82, 2.24) is 9.78 Å². The van der Waals surface area contributed by atoms with Crippen LogP contribution < -0.4 is 5.32 Å². The average Bonchev–Trinajstić information content (AvgIpc) is 2.94. The molecule has 3 rings (SSSR count). The molecular formula is C21H19BrClN3O2. The molecular weight excluding hydrogens is 442 g/mol. The van der Waals surface area contributed by atoms with Crippen LogP contribution in [-0.2, 0) is 11.3 Å². The number of carbonyl (C=O) groups excluding carboxylic acids is 2. The molecule has 0 aliphatic carbocycles. The summed E-state index contributed by atoms with van der Waals surface area (Å²) < 4.78 is 2.73. The van der Waals surface area contributed by atoms with E-state index in [9.17, 15) is 9.59 Å². The molecule has 1 aromatic heterocycles. The summed E-state index contributed by atoms with van der Waals surface area (Å²) in [5, 5.41) is 7.67. The van der Waals surface area contributed by atoms with E-state index in [1.54, 1.807) is 47.1 Å². The Kier molecular flexibility index (Phi) is 6.31. The monoisotopic (exact) mass is 459 g/mol. The van der Waals surface area contributed by atoms with E-state index in [4.69, 9.17) is 11.6 Å². The molecule has 28 heavy (non-hydrogen) atoms. The highest BCUT2D eigenvalue weighted by atomic mass is 79.9. The fourth-order valence-electron chi connectivity index (χ4n) is 2.87. The van der Waals surface area contributed by atoms with Crippen LogP contribution in [0.25, 0.3) is 0 Å². The fraction of sp³-hybridized carbons (Fsp3) is 0.190. The van der Waals surface area contributed by atoms with Gasteiger partial charge in [-0.15, -0.1) is 0 Å². The molecule has 0 spiro atoms. The van der Waals surface area contributed by atoms with Gasteiger partial charge < -0.3 is 5.32 Å². The van der Waals surface area contributed by atoms with Crippen molar-refractivity contribution in [3.8, 4) is 0 Å². The lowest BCUT2D eigenvalue weighted by molar-refractivity contribution is -0.116. The Bertz CT molecular complexity index is 1030. The van der Waals surface area contributed by atoms with Crippen LogP contribution in [0.2, 0.25) is 5.02 Å². The number of nitrogens with zero attached hydrogens (tertiary/aromatic N) is 2. The largest absolute Gasteiger partial charge is 0.325 e. The zero-order chi connectivity index (χ0) is 20.3. The summed E-state index contributed by atoms with van der Waals surface area (Å²) in [6, 6.07) is 13.8. The smallest absolute Gasteiger partial charge is 0.226 e. The molecule has 7 heteroatoms. The SMILES string of the molecule is Cc1nn(CCC(=O)Nc2ccc(Cl)cc2C(=O)c2ccccc2)c(C)c1Br. The van der Waals surface area contributed by atoms with E-state index >= 15 is 0 Å². The quantitative estimate of drug-likeness (QED) is 0.516. The Morgan fingerprint density at radius 1 is 1.14 bits per heavy atom. The van der Waals surface area contributed by atoms with E-state index in [0.29, 0.717) is 28.4 Å². The molecule has 0 saturated carbocycles. The first-order valence-corrected chi connectivity index (χ1v) is 9.92. The molecule has 0 bridgehead atoms. The van der Waals surface area contributed by atoms with E-state index in [0.717, 1.165) is 15.9 Å². The van der Waals surface area contributed by atoms with Gasteiger partial charge in [0.15, 0.2) is 5.78 Å². The molecule has 0 fully saturated rings. The minimum atomic E-state index is -0.201. The van der Waals surface area contributed by atoms with E-state index in [1.165, 1.54) is 0 Å². The highest BCUT2D eigenvalue weighted by Crippen LogP contribution is 2.24. The lowest BCUT2D eigenvalue weighted by atomic mass is 10.0. The van der Waals surface area contributed by atoms with Crippen molar-refractivity contribution in [3.63, 3.8) is 0 Å². The molecule has 0 radical (unpaired) electrons. The molecule has 3 aromatic rings. The van der Waals surface area contributed by atoms with E-state index in [2.05, 4.69) is 26.3 Å². The van der Waals surface area contributed by atoms with Crippen LogP contribution in [0, 0.1) is 13.8 Å². The fourth-order valence-corrected chi connectivity index (χ4v) is 3.33. The van der Waals surface area contributed by atoms with Crippen LogP contribution in [0.15, 0.2) is 53.0 Å². The number of amides is 1. The number of aryl methyl sites for hydroxylation is 2. The molecule has 5 nitrogen and oxygen atoms in total. The van der Waals surface area contributed by atoms with Crippen molar-refractivity contribution in [2.75, 3.05) is 5.32 Å². The van der Waals surface area contributed by atoms with Crippen molar-refractivity contribution >= 4 is 44.9 Å². The van der Waals surface area contributed by atoms with E-state index in [-0.39, 0.29) is 18.1 Å². The molecule has 0 aliphatic rings. The topological polar surface area (TPSA) is 64.0 Å². The van der Waals surface area contributed by atoms with Crippen LogP contribution in [0.1, 0.15) is 33.7 Å². The standard InChI is InChI=1S/C21H19BrClN3O2/c1-13-20(22)14(2)26(25-13)11-10-19(27)24-18-9-8-16(23)12-17(18)21(28)15-6-4-3-5-7-15/h3-9,12H,10-11H2,1-2H3,(H,24,27). The lowest BCUT2D eigenvalue weighted by Crippen LogP contribution is -2.17. The molecule has 1 N–H and O–H groups in total. The van der Waals surface area contributed by atoms with Crippen LogP contribution >= 0.6 is 27.5 Å². The number of halogens is 2. The second-order valence-electron chi connectivity index (χ2n) is 6.39. The Morgan fingerprint density at radius 2 is 1.86 bits per heavy atom. The number of ketones is 1. The third kappa shape index (κ3) is 4.51. The summed E-state index contributed by atoms with van der Waals surface area (Å²) in [6.07, 6.45) is 0.232. The Hall–Kier alpha value is -2.44. The second-order valence-corrected chi connectivity index (χ2v) is 7.62. The zero-order valence-corrected chi connectivity index (χ0v) is 17.8. The first-order chi connectivity index (χ1) is 13.4. The number of benzene rings is 2. The highest BCUT2D eigenvalue weighted by Gasteiger charge is 2.16. The number of hydrogen-bond acceptors (Lipinski definition) is 3. The van der Waals surface area contributed by atoms with Gasteiger partial charge >= 0.3 is 0 Å². The molecule has 0 aliphatic heterocycles. The van der Waals surface area contributed by atoms with Gasteiger partial charge in [-0.05, 0) is 48.0 Å². The van der Waals surface area contributed by atoms with Gasteiger partial charge in [0.25, 0.3) is 0 Å². The third-order valence-corrected chi connectivity index (χ3v) is 5.76. The third-order valence-electron chi connectivity index (χ3n) is 4.38. The summed E-state index contributed by atoms with van der Waals surface area (Å²) in [5.74, 6) is -0.394. The molecule has 1 heterocycles. The normalized spacial score (nSPS) is 10.7. The van der Waals surface area contributed by atoms with Crippen molar-refractivity contribution in [3.05, 3.63) is 80.5 Å². The number of anilines is 1. The van der Waals surface area contributed by atoms with Gasteiger partial charge in [0.05, 0.1) is 22.4 Å². The summed E-state index contributed by atoms with van der Waals surface area (Å²) in [7, 11) is 0. The van der Waals surface area contributed by atoms with Gasteiger partial charge in [-0.3, -0.25) is 14.3 Å². The maximum atomic E-state index is 12.8. The second kappa shape index (κ2) is 8.71. The predicted molar refractivity (Wildman–Crippen MR) is 114 cm³/mol. The molecule has 0 unspecified atom stereocenters. The maximum Gasteiger partial charge on any atom is 0.226 e. The van der Waals surface area contributed by atoms with Gasteiger partial charge in [-0.2, -0.15) is 5.10 Å². The van der Waals surface area contributed by atoms with E-state index < -0.39 is 0 Å². The molecule has 2 aromatic carbocycles. The van der Waals surface area contributed by atoms with Crippen LogP contribution in [-0.4, -0.2) is 21.5 Å². The van der Waals surface area contributed by atoms with Crippen molar-refractivity contribution in [1.29, 1.82) is 0 Å². The van der Waals surface area contributed by atoms with Gasteiger partial charge in [0, 0.05) is 28.3 Å². The Labute approximate surface area is 176 Å². The lowest BCUT2D eigenvalue weighted by Gasteiger charge is -2.12. The van der Waals surface area contributed by atoms with Crippen LogP contribution in [0.3, 0.4) is 0 Å². The maximum absolute atomic E-state index is 12.8. The minimum Gasteiger partial charge on any atom is -0.325 e.